The van der Waals surface area contributed by atoms with Crippen molar-refractivity contribution < 1.29 is 14.3 Å². The summed E-state index contributed by atoms with van der Waals surface area (Å²) >= 11 is 0. The van der Waals surface area contributed by atoms with Gasteiger partial charge in [0.15, 0.2) is 11.5 Å². The molecule has 0 aliphatic rings. The van der Waals surface area contributed by atoms with Crippen molar-refractivity contribution in [1.82, 2.24) is 10.7 Å². The van der Waals surface area contributed by atoms with E-state index in [0.717, 1.165) is 35.1 Å². The van der Waals surface area contributed by atoms with Crippen molar-refractivity contribution >= 4 is 17.8 Å². The number of unbranched alkanes of at least 4 members (excludes halogenated alkanes) is 1. The highest BCUT2D eigenvalue weighted by Crippen LogP contribution is 2.28. The number of nitrogens with one attached hydrogen (secondary N) is 2. The summed E-state index contributed by atoms with van der Waals surface area (Å²) in [5.41, 5.74) is 5.73. The van der Waals surface area contributed by atoms with Gasteiger partial charge in [-0.15, -0.1) is 0 Å². The number of nitrogens with zero attached hydrogens (tertiary/aromatic N) is 1. The average Bonchev–Trinajstić information content (AvgIpc) is 2.74. The van der Waals surface area contributed by atoms with Crippen LogP contribution in [0.25, 0.3) is 5.57 Å². The third-order valence-electron chi connectivity index (χ3n) is 4.83. The molecule has 2 aromatic rings. The molecule has 166 valence electrons. The molecule has 0 atom stereocenters. The minimum absolute atomic E-state index is 0.395. The normalized spacial score (nSPS) is 11.3. The van der Waals surface area contributed by atoms with Gasteiger partial charge in [-0.05, 0) is 68.1 Å². The first-order valence-electron chi connectivity index (χ1n) is 10.4. The minimum atomic E-state index is -0.578. The van der Waals surface area contributed by atoms with Crippen molar-refractivity contribution in [2.24, 2.45) is 5.10 Å². The fourth-order valence-corrected chi connectivity index (χ4v) is 2.93. The molecule has 0 saturated heterocycles. The largest absolute Gasteiger partial charge is 0.493 e. The molecule has 0 bridgehead atoms. The van der Waals surface area contributed by atoms with Crippen molar-refractivity contribution in [3.8, 4) is 11.5 Å². The Balaban J connectivity index is 1.98. The van der Waals surface area contributed by atoms with Gasteiger partial charge in [0.05, 0.1) is 25.5 Å². The third kappa shape index (κ3) is 7.17. The van der Waals surface area contributed by atoms with E-state index in [2.05, 4.69) is 29.3 Å². The number of ether oxygens (including phenoxy) is 2. The maximum absolute atomic E-state index is 12.4. The van der Waals surface area contributed by atoms with Crippen LogP contribution in [0.3, 0.4) is 0 Å². The number of hydrogen-bond donors (Lipinski definition) is 2. The molecule has 0 heterocycles. The molecule has 0 unspecified atom stereocenters. The standard InChI is InChI=1S/C25H33N3O3/c1-7-8-14-31-22-13-12-19(15-23(22)30-6)17-26-28-24(29)27-25(4,5)21-11-9-10-20(16-21)18(2)3/h9-13,15-17H,2,7-8,14H2,1,3-6H3,(H2,27,28,29). The Morgan fingerprint density at radius 3 is 2.65 bits per heavy atom. The van der Waals surface area contributed by atoms with Crippen LogP contribution >= 0.6 is 0 Å². The highest BCUT2D eigenvalue weighted by atomic mass is 16.5. The van der Waals surface area contributed by atoms with E-state index >= 15 is 0 Å². The SMILES string of the molecule is C=C(C)c1cccc(C(C)(C)NC(=O)NN=Cc2ccc(OCCCC)c(OC)c2)c1. The van der Waals surface area contributed by atoms with E-state index in [1.54, 1.807) is 13.3 Å². The van der Waals surface area contributed by atoms with Crippen molar-refractivity contribution in [2.45, 2.75) is 46.1 Å². The van der Waals surface area contributed by atoms with E-state index in [0.29, 0.717) is 18.1 Å². The predicted octanol–water partition coefficient (Wildman–Crippen LogP) is 5.48. The number of rotatable bonds is 10. The molecular formula is C25H33N3O3. The first-order valence-corrected chi connectivity index (χ1v) is 10.4. The summed E-state index contributed by atoms with van der Waals surface area (Å²) in [5.74, 6) is 1.32. The van der Waals surface area contributed by atoms with Crippen LogP contribution in [-0.4, -0.2) is 26.0 Å². The summed E-state index contributed by atoms with van der Waals surface area (Å²) in [7, 11) is 1.60. The van der Waals surface area contributed by atoms with E-state index in [1.807, 2.05) is 63.2 Å². The van der Waals surface area contributed by atoms with Crippen LogP contribution in [-0.2, 0) is 5.54 Å². The van der Waals surface area contributed by atoms with Crippen LogP contribution in [0.5, 0.6) is 11.5 Å². The lowest BCUT2D eigenvalue weighted by Gasteiger charge is -2.27. The molecule has 31 heavy (non-hydrogen) atoms. The lowest BCUT2D eigenvalue weighted by atomic mass is 9.92. The summed E-state index contributed by atoms with van der Waals surface area (Å²) in [4.78, 5) is 12.4. The van der Waals surface area contributed by atoms with Crippen molar-refractivity contribution in [3.05, 3.63) is 65.7 Å². The third-order valence-corrected chi connectivity index (χ3v) is 4.83. The summed E-state index contributed by atoms with van der Waals surface area (Å²) in [5, 5.41) is 7.00. The second-order valence-corrected chi connectivity index (χ2v) is 7.92. The van der Waals surface area contributed by atoms with E-state index in [-0.39, 0.29) is 0 Å². The number of urea groups is 1. The Labute approximate surface area is 185 Å². The van der Waals surface area contributed by atoms with Crippen LogP contribution in [0.2, 0.25) is 0 Å². The molecule has 2 amide bonds. The molecule has 0 aliphatic heterocycles. The maximum Gasteiger partial charge on any atom is 0.335 e. The summed E-state index contributed by atoms with van der Waals surface area (Å²) in [6.45, 7) is 12.6. The zero-order chi connectivity index (χ0) is 22.9. The minimum Gasteiger partial charge on any atom is -0.493 e. The summed E-state index contributed by atoms with van der Waals surface area (Å²) in [6.07, 6.45) is 3.61. The Bertz CT molecular complexity index is 935. The van der Waals surface area contributed by atoms with Crippen LogP contribution in [0, 0.1) is 0 Å². The van der Waals surface area contributed by atoms with Gasteiger partial charge in [-0.3, -0.25) is 0 Å². The Hall–Kier alpha value is -3.28. The van der Waals surface area contributed by atoms with Gasteiger partial charge in [-0.1, -0.05) is 43.7 Å². The average molecular weight is 424 g/mol. The zero-order valence-electron chi connectivity index (χ0n) is 19.1. The topological polar surface area (TPSA) is 72.0 Å². The van der Waals surface area contributed by atoms with E-state index in [4.69, 9.17) is 9.47 Å². The van der Waals surface area contributed by atoms with Gasteiger partial charge < -0.3 is 14.8 Å². The van der Waals surface area contributed by atoms with Gasteiger partial charge in [0.25, 0.3) is 0 Å². The van der Waals surface area contributed by atoms with Crippen LogP contribution in [0.1, 0.15) is 57.2 Å². The maximum atomic E-state index is 12.4. The number of carbonyl (C=O) groups excluding carboxylic acids is 1. The molecule has 6 heteroatoms. The lowest BCUT2D eigenvalue weighted by molar-refractivity contribution is 0.230. The predicted molar refractivity (Wildman–Crippen MR) is 127 cm³/mol. The quantitative estimate of drug-likeness (QED) is 0.302. The molecule has 0 aromatic heterocycles. The molecule has 6 nitrogen and oxygen atoms in total. The van der Waals surface area contributed by atoms with Gasteiger partial charge in [-0.25, -0.2) is 10.2 Å². The Morgan fingerprint density at radius 2 is 1.97 bits per heavy atom. The smallest absolute Gasteiger partial charge is 0.335 e. The zero-order valence-corrected chi connectivity index (χ0v) is 19.1. The second kappa shape index (κ2) is 11.2. The summed E-state index contributed by atoms with van der Waals surface area (Å²) < 4.78 is 11.1. The molecule has 0 saturated carbocycles. The van der Waals surface area contributed by atoms with Gasteiger partial charge in [-0.2, -0.15) is 5.10 Å². The number of hydrogen-bond acceptors (Lipinski definition) is 4. The van der Waals surface area contributed by atoms with Crippen LogP contribution in [0.15, 0.2) is 54.1 Å². The van der Waals surface area contributed by atoms with Gasteiger partial charge in [0, 0.05) is 0 Å². The summed E-state index contributed by atoms with van der Waals surface area (Å²) in [6, 6.07) is 13.1. The lowest BCUT2D eigenvalue weighted by Crippen LogP contribution is -2.45. The first-order chi connectivity index (χ1) is 14.8. The number of hydrazone groups is 1. The van der Waals surface area contributed by atoms with E-state index < -0.39 is 11.6 Å². The molecule has 0 radical (unpaired) electrons. The van der Waals surface area contributed by atoms with Crippen LogP contribution in [0.4, 0.5) is 4.79 Å². The monoisotopic (exact) mass is 423 g/mol. The van der Waals surface area contributed by atoms with E-state index in [1.165, 1.54) is 0 Å². The molecule has 0 spiro atoms. The number of carbonyl (C=O) groups is 1. The molecule has 2 N–H and O–H groups in total. The van der Waals surface area contributed by atoms with Crippen LogP contribution < -0.4 is 20.2 Å². The van der Waals surface area contributed by atoms with Gasteiger partial charge in [0.2, 0.25) is 0 Å². The van der Waals surface area contributed by atoms with Crippen molar-refractivity contribution in [2.75, 3.05) is 13.7 Å². The van der Waals surface area contributed by atoms with Gasteiger partial charge >= 0.3 is 6.03 Å². The van der Waals surface area contributed by atoms with E-state index in [9.17, 15) is 4.79 Å². The molecule has 0 aliphatic carbocycles. The Kier molecular flexibility index (Phi) is 8.67. The fraction of sp³-hybridized carbons (Fsp3) is 0.360. The second-order valence-electron chi connectivity index (χ2n) is 7.92. The van der Waals surface area contributed by atoms with Crippen molar-refractivity contribution in [3.63, 3.8) is 0 Å². The van der Waals surface area contributed by atoms with Gasteiger partial charge in [0.1, 0.15) is 0 Å². The molecule has 2 aromatic carbocycles. The number of benzene rings is 2. The number of amides is 2. The first kappa shape index (κ1) is 24.0. The number of allylic oxidation sites excluding steroid dienone is 1. The Morgan fingerprint density at radius 1 is 1.19 bits per heavy atom. The van der Waals surface area contributed by atoms with Crippen molar-refractivity contribution in [1.29, 1.82) is 0 Å². The molecule has 2 rings (SSSR count). The molecule has 0 fully saturated rings. The highest BCUT2D eigenvalue weighted by Gasteiger charge is 2.23. The number of methoxy groups -OCH3 is 1. The molecular weight excluding hydrogens is 390 g/mol. The fourth-order valence-electron chi connectivity index (χ4n) is 2.93. The highest BCUT2D eigenvalue weighted by molar-refractivity contribution is 5.83.